The molecule has 3 atom stereocenters. The van der Waals surface area contributed by atoms with Crippen LogP contribution in [0.5, 0.6) is 0 Å². The maximum absolute atomic E-state index is 12.0. The fourth-order valence-corrected chi connectivity index (χ4v) is 3.35. The zero-order valence-electron chi connectivity index (χ0n) is 15.3. The highest BCUT2D eigenvalue weighted by Gasteiger charge is 2.25. The molecule has 0 aromatic heterocycles. The number of benzene rings is 1. The maximum atomic E-state index is 12.0. The van der Waals surface area contributed by atoms with Crippen molar-refractivity contribution >= 4 is 17.9 Å². The molecule has 1 aliphatic rings. The van der Waals surface area contributed by atoms with Gasteiger partial charge in [-0.2, -0.15) is 0 Å². The summed E-state index contributed by atoms with van der Waals surface area (Å²) in [6, 6.07) is 6.53. The summed E-state index contributed by atoms with van der Waals surface area (Å²) in [5.74, 6) is 0.329. The molecule has 1 heterocycles. The lowest BCUT2D eigenvalue weighted by molar-refractivity contribution is -0.124. The Morgan fingerprint density at radius 3 is 2.88 bits per heavy atom. The molecule has 2 rings (SSSR count). The molecule has 1 amide bonds. The van der Waals surface area contributed by atoms with E-state index in [9.17, 15) is 9.59 Å². The smallest absolute Gasteiger partial charge is 0.220 e. The van der Waals surface area contributed by atoms with E-state index in [-0.39, 0.29) is 5.91 Å². The molecule has 0 spiro atoms. The van der Waals surface area contributed by atoms with Crippen LogP contribution in [0, 0.1) is 5.92 Å². The molecule has 1 aliphatic heterocycles. The number of carbonyl (C=O) groups is 2. The van der Waals surface area contributed by atoms with E-state index >= 15 is 0 Å². The summed E-state index contributed by atoms with van der Waals surface area (Å²) < 4.78 is 0. The number of fused-ring (bicyclic) bond motifs is 1. The number of aldehydes is 1. The van der Waals surface area contributed by atoms with Crippen LogP contribution >= 0.6 is 0 Å². The fraction of sp³-hybridized carbons (Fsp3) is 0.600. The van der Waals surface area contributed by atoms with Crippen molar-refractivity contribution in [3.8, 4) is 0 Å². The minimum absolute atomic E-state index is 0.0227. The van der Waals surface area contributed by atoms with E-state index in [0.29, 0.717) is 24.8 Å². The van der Waals surface area contributed by atoms with Gasteiger partial charge in [0.1, 0.15) is 6.29 Å². The molecule has 4 nitrogen and oxygen atoms in total. The summed E-state index contributed by atoms with van der Waals surface area (Å²) >= 11 is 0. The monoisotopic (exact) mass is 330 g/mol. The van der Waals surface area contributed by atoms with Crippen molar-refractivity contribution in [2.45, 2.75) is 65.0 Å². The highest BCUT2D eigenvalue weighted by Crippen LogP contribution is 2.34. The van der Waals surface area contributed by atoms with Crippen molar-refractivity contribution in [3.63, 3.8) is 0 Å². The summed E-state index contributed by atoms with van der Waals surface area (Å²) in [5.41, 5.74) is 3.95. The first-order valence-corrected chi connectivity index (χ1v) is 9.04. The molecule has 0 saturated heterocycles. The lowest BCUT2D eigenvalue weighted by Crippen LogP contribution is -2.37. The van der Waals surface area contributed by atoms with Crippen LogP contribution in [-0.2, 0) is 22.4 Å². The Balaban J connectivity index is 1.96. The quantitative estimate of drug-likeness (QED) is 0.745. The third-order valence-corrected chi connectivity index (χ3v) is 5.20. The van der Waals surface area contributed by atoms with Gasteiger partial charge in [0.15, 0.2) is 0 Å². The van der Waals surface area contributed by atoms with E-state index < -0.39 is 6.04 Å². The van der Waals surface area contributed by atoms with E-state index in [1.807, 2.05) is 0 Å². The van der Waals surface area contributed by atoms with E-state index in [0.717, 1.165) is 25.5 Å². The molecule has 1 N–H and O–H groups in total. The molecule has 0 bridgehead atoms. The van der Waals surface area contributed by atoms with E-state index in [1.165, 1.54) is 16.8 Å². The normalized spacial score (nSPS) is 18.8. The molecule has 0 aliphatic carbocycles. The Bertz CT molecular complexity index is 585. The van der Waals surface area contributed by atoms with Crippen LogP contribution in [0.15, 0.2) is 18.2 Å². The van der Waals surface area contributed by atoms with E-state index in [1.54, 1.807) is 0 Å². The highest BCUT2D eigenvalue weighted by atomic mass is 16.2. The predicted octanol–water partition coefficient (Wildman–Crippen LogP) is 3.12. The standard InChI is InChI=1S/C20H30N2O2/c1-5-14(2)11-19(24)21-18(13-23)10-9-16-7-6-8-17-12-15(3)22(4)20(16)17/h6-8,13-15,18H,5,9-12H2,1-4H3,(H,21,24). The van der Waals surface area contributed by atoms with Gasteiger partial charge in [-0.3, -0.25) is 4.79 Å². The Morgan fingerprint density at radius 2 is 2.21 bits per heavy atom. The number of nitrogens with zero attached hydrogens (tertiary/aromatic N) is 1. The van der Waals surface area contributed by atoms with Crippen molar-refractivity contribution in [2.75, 3.05) is 11.9 Å². The third kappa shape index (κ3) is 4.37. The van der Waals surface area contributed by atoms with Crippen LogP contribution in [-0.4, -0.2) is 31.3 Å². The molecule has 0 fully saturated rings. The molecule has 1 aromatic carbocycles. The molecular weight excluding hydrogens is 300 g/mol. The SMILES string of the molecule is CCC(C)CC(=O)NC(C=O)CCc1cccc2c1N(C)C(C)C2. The average Bonchev–Trinajstić information content (AvgIpc) is 2.86. The van der Waals surface area contributed by atoms with Crippen LogP contribution < -0.4 is 10.2 Å². The molecule has 24 heavy (non-hydrogen) atoms. The van der Waals surface area contributed by atoms with Gasteiger partial charge in [0.2, 0.25) is 5.91 Å². The summed E-state index contributed by atoms with van der Waals surface area (Å²) in [7, 11) is 2.13. The van der Waals surface area contributed by atoms with Crippen LogP contribution in [0.25, 0.3) is 0 Å². The van der Waals surface area contributed by atoms with Crippen molar-refractivity contribution in [2.24, 2.45) is 5.92 Å². The molecule has 4 heteroatoms. The lowest BCUT2D eigenvalue weighted by atomic mass is 10.00. The summed E-state index contributed by atoms with van der Waals surface area (Å²) in [4.78, 5) is 25.7. The minimum Gasteiger partial charge on any atom is -0.371 e. The van der Waals surface area contributed by atoms with Gasteiger partial charge >= 0.3 is 0 Å². The lowest BCUT2D eigenvalue weighted by Gasteiger charge is -2.22. The third-order valence-electron chi connectivity index (χ3n) is 5.20. The van der Waals surface area contributed by atoms with Crippen LogP contribution in [0.1, 0.15) is 51.2 Å². The topological polar surface area (TPSA) is 49.4 Å². The zero-order chi connectivity index (χ0) is 17.7. The van der Waals surface area contributed by atoms with Crippen LogP contribution in [0.3, 0.4) is 0 Å². The minimum atomic E-state index is -0.401. The van der Waals surface area contributed by atoms with Gasteiger partial charge < -0.3 is 15.0 Å². The number of hydrogen-bond donors (Lipinski definition) is 1. The molecule has 3 unspecified atom stereocenters. The first-order chi connectivity index (χ1) is 11.5. The van der Waals surface area contributed by atoms with Gasteiger partial charge in [-0.05, 0) is 43.2 Å². The van der Waals surface area contributed by atoms with Gasteiger partial charge in [-0.1, -0.05) is 38.5 Å². The van der Waals surface area contributed by atoms with Crippen LogP contribution in [0.2, 0.25) is 0 Å². The molecule has 1 aromatic rings. The zero-order valence-corrected chi connectivity index (χ0v) is 15.3. The number of para-hydroxylation sites is 1. The average molecular weight is 330 g/mol. The number of likely N-dealkylation sites (N-methyl/N-ethyl adjacent to an activating group) is 1. The van der Waals surface area contributed by atoms with Gasteiger partial charge in [-0.15, -0.1) is 0 Å². The number of carbonyl (C=O) groups excluding carboxylic acids is 2. The molecule has 132 valence electrons. The van der Waals surface area contributed by atoms with Crippen molar-refractivity contribution in [1.82, 2.24) is 5.32 Å². The van der Waals surface area contributed by atoms with Crippen molar-refractivity contribution in [3.05, 3.63) is 29.3 Å². The number of nitrogens with one attached hydrogen (secondary N) is 1. The summed E-state index contributed by atoms with van der Waals surface area (Å²) in [6.45, 7) is 6.36. The van der Waals surface area contributed by atoms with Gasteiger partial charge in [-0.25, -0.2) is 0 Å². The number of aryl methyl sites for hydroxylation is 1. The second kappa shape index (κ2) is 8.32. The Morgan fingerprint density at radius 1 is 1.46 bits per heavy atom. The molecular formula is C20H30N2O2. The van der Waals surface area contributed by atoms with Crippen molar-refractivity contribution < 1.29 is 9.59 Å². The fourth-order valence-electron chi connectivity index (χ4n) is 3.35. The number of hydrogen-bond acceptors (Lipinski definition) is 3. The number of rotatable bonds is 8. The second-order valence-corrected chi connectivity index (χ2v) is 7.16. The highest BCUT2D eigenvalue weighted by molar-refractivity contribution is 5.79. The summed E-state index contributed by atoms with van der Waals surface area (Å²) in [5, 5.41) is 2.87. The molecule has 0 saturated carbocycles. The number of amides is 1. The maximum Gasteiger partial charge on any atom is 0.220 e. The van der Waals surface area contributed by atoms with Gasteiger partial charge in [0.05, 0.1) is 6.04 Å². The van der Waals surface area contributed by atoms with Crippen LogP contribution in [0.4, 0.5) is 5.69 Å². The Hall–Kier alpha value is -1.84. The first kappa shape index (κ1) is 18.5. The number of anilines is 1. The van der Waals surface area contributed by atoms with Gasteiger partial charge in [0.25, 0.3) is 0 Å². The van der Waals surface area contributed by atoms with Gasteiger partial charge in [0, 0.05) is 25.2 Å². The predicted molar refractivity (Wildman–Crippen MR) is 98.4 cm³/mol. The first-order valence-electron chi connectivity index (χ1n) is 9.04. The molecule has 0 radical (unpaired) electrons. The summed E-state index contributed by atoms with van der Waals surface area (Å²) in [6.07, 6.45) is 4.84. The van der Waals surface area contributed by atoms with Crippen molar-refractivity contribution in [1.29, 1.82) is 0 Å². The Kier molecular flexibility index (Phi) is 6.41. The van der Waals surface area contributed by atoms with E-state index in [2.05, 4.69) is 56.2 Å². The Labute approximate surface area is 145 Å². The largest absolute Gasteiger partial charge is 0.371 e. The van der Waals surface area contributed by atoms with E-state index in [4.69, 9.17) is 0 Å². The second-order valence-electron chi connectivity index (χ2n) is 7.16.